The van der Waals surface area contributed by atoms with Gasteiger partial charge < -0.3 is 20.4 Å². The van der Waals surface area contributed by atoms with Gasteiger partial charge in [0.15, 0.2) is 9.84 Å². The first-order valence-electron chi connectivity index (χ1n) is 8.11. The Morgan fingerprint density at radius 2 is 1.81 bits per heavy atom. The summed E-state index contributed by atoms with van der Waals surface area (Å²) in [4.78, 5) is 32.4. The van der Waals surface area contributed by atoms with Crippen LogP contribution in [0.4, 0.5) is 5.69 Å². The minimum Gasteiger partial charge on any atom is -0.473 e. The van der Waals surface area contributed by atoms with E-state index in [4.69, 9.17) is 19.8 Å². The number of hydrogen-bond donors (Lipinski definition) is 3. The number of carboxylic acids is 2. The summed E-state index contributed by atoms with van der Waals surface area (Å²) >= 11 is 0. The summed E-state index contributed by atoms with van der Waals surface area (Å²) < 4.78 is 22.7. The number of nitrogens with zero attached hydrogens (tertiary/aromatic N) is 1. The fourth-order valence-corrected chi connectivity index (χ4v) is 4.22. The Labute approximate surface area is 156 Å². The van der Waals surface area contributed by atoms with E-state index in [1.165, 1.54) is 11.0 Å². The molecule has 0 bridgehead atoms. The molecule has 0 aliphatic carbocycles. The van der Waals surface area contributed by atoms with Crippen molar-refractivity contribution in [3.63, 3.8) is 0 Å². The van der Waals surface area contributed by atoms with Crippen LogP contribution in [0.3, 0.4) is 0 Å². The number of aliphatic carboxylic acids is 2. The fraction of sp³-hybridized carbons (Fsp3) is 0.353. The molecule has 1 amide bonds. The average molecular weight is 396 g/mol. The van der Waals surface area contributed by atoms with Gasteiger partial charge in [-0.15, -0.1) is 0 Å². The number of nitrogens with one attached hydrogen (secondary N) is 1. The summed E-state index contributed by atoms with van der Waals surface area (Å²) in [6.45, 7) is 2.17. The van der Waals surface area contributed by atoms with Gasteiger partial charge in [-0.05, 0) is 25.0 Å². The Balaban J connectivity index is 0.000000380. The summed E-state index contributed by atoms with van der Waals surface area (Å²) in [6.07, 6.45) is 2.46. The van der Waals surface area contributed by atoms with Crippen LogP contribution >= 0.6 is 0 Å². The minimum absolute atomic E-state index is 0.0230. The molecule has 146 valence electrons. The van der Waals surface area contributed by atoms with Crippen molar-refractivity contribution in [2.75, 3.05) is 17.2 Å². The third kappa shape index (κ3) is 5.38. The molecule has 1 aromatic rings. The minimum atomic E-state index is -3.09. The highest BCUT2D eigenvalue weighted by molar-refractivity contribution is 7.94. The van der Waals surface area contributed by atoms with Crippen molar-refractivity contribution in [1.29, 1.82) is 0 Å². The van der Waals surface area contributed by atoms with E-state index in [0.717, 1.165) is 12.1 Å². The molecule has 3 N–H and O–H groups in total. The average Bonchev–Trinajstić information content (AvgIpc) is 3.11. The SMILES string of the molecule is CC1Cc2ccccc2N1C(=O)CNC1C=CS(=O)(=O)C1.O=C(O)C(=O)O. The van der Waals surface area contributed by atoms with Crippen LogP contribution in [-0.4, -0.2) is 60.9 Å². The Hall–Kier alpha value is -2.72. The predicted molar refractivity (Wildman–Crippen MR) is 97.1 cm³/mol. The number of hydrogen-bond acceptors (Lipinski definition) is 6. The summed E-state index contributed by atoms with van der Waals surface area (Å²) in [7, 11) is -3.09. The van der Waals surface area contributed by atoms with Gasteiger partial charge in [-0.1, -0.05) is 24.3 Å². The lowest BCUT2D eigenvalue weighted by molar-refractivity contribution is -0.159. The largest absolute Gasteiger partial charge is 0.473 e. The lowest BCUT2D eigenvalue weighted by atomic mass is 10.1. The highest BCUT2D eigenvalue weighted by Gasteiger charge is 2.31. The van der Waals surface area contributed by atoms with Crippen molar-refractivity contribution >= 4 is 33.4 Å². The van der Waals surface area contributed by atoms with Gasteiger partial charge in [0.1, 0.15) is 0 Å². The normalized spacial score (nSPS) is 21.9. The Kier molecular flexibility index (Phi) is 6.34. The van der Waals surface area contributed by atoms with Crippen LogP contribution in [0.25, 0.3) is 0 Å². The first-order valence-corrected chi connectivity index (χ1v) is 9.83. The number of fused-ring (bicyclic) bond motifs is 1. The highest BCUT2D eigenvalue weighted by atomic mass is 32.2. The zero-order chi connectivity index (χ0) is 20.2. The van der Waals surface area contributed by atoms with Gasteiger partial charge in [-0.25, -0.2) is 18.0 Å². The van der Waals surface area contributed by atoms with Gasteiger partial charge in [0, 0.05) is 23.2 Å². The number of carbonyl (C=O) groups excluding carboxylic acids is 1. The van der Waals surface area contributed by atoms with Crippen molar-refractivity contribution in [2.24, 2.45) is 0 Å². The maximum absolute atomic E-state index is 12.4. The smallest absolute Gasteiger partial charge is 0.414 e. The Morgan fingerprint density at radius 3 is 2.37 bits per heavy atom. The quantitative estimate of drug-likeness (QED) is 0.607. The van der Waals surface area contributed by atoms with E-state index in [1.807, 2.05) is 31.2 Å². The summed E-state index contributed by atoms with van der Waals surface area (Å²) in [5.74, 6) is -3.64. The molecule has 0 saturated carbocycles. The second-order valence-corrected chi connectivity index (χ2v) is 8.13. The molecule has 2 unspecified atom stereocenters. The molecule has 0 fully saturated rings. The van der Waals surface area contributed by atoms with Gasteiger partial charge >= 0.3 is 11.9 Å². The molecule has 2 heterocycles. The molecule has 9 nitrogen and oxygen atoms in total. The Morgan fingerprint density at radius 1 is 1.19 bits per heavy atom. The number of benzene rings is 1. The highest BCUT2D eigenvalue weighted by Crippen LogP contribution is 2.31. The van der Waals surface area contributed by atoms with E-state index < -0.39 is 21.8 Å². The van der Waals surface area contributed by atoms with E-state index in [2.05, 4.69) is 5.32 Å². The van der Waals surface area contributed by atoms with E-state index in [1.54, 1.807) is 11.0 Å². The topological polar surface area (TPSA) is 141 Å². The van der Waals surface area contributed by atoms with Gasteiger partial charge in [0.25, 0.3) is 0 Å². The third-order valence-electron chi connectivity index (χ3n) is 4.10. The third-order valence-corrected chi connectivity index (χ3v) is 5.50. The van der Waals surface area contributed by atoms with Crippen LogP contribution in [0, 0.1) is 0 Å². The van der Waals surface area contributed by atoms with E-state index in [9.17, 15) is 13.2 Å². The second kappa shape index (κ2) is 8.31. The number of para-hydroxylation sites is 1. The molecular weight excluding hydrogens is 376 g/mol. The Bertz CT molecular complexity index is 867. The maximum Gasteiger partial charge on any atom is 0.414 e. The van der Waals surface area contributed by atoms with Gasteiger partial charge in [0.05, 0.1) is 12.3 Å². The van der Waals surface area contributed by atoms with Crippen LogP contribution in [0.2, 0.25) is 0 Å². The number of sulfone groups is 1. The number of amides is 1. The molecule has 2 atom stereocenters. The maximum atomic E-state index is 12.4. The number of rotatable bonds is 3. The number of carboxylic acid groups (broad SMARTS) is 2. The molecule has 3 rings (SSSR count). The first-order chi connectivity index (χ1) is 12.6. The van der Waals surface area contributed by atoms with Gasteiger partial charge in [-0.2, -0.15) is 0 Å². The van der Waals surface area contributed by atoms with Crippen molar-refractivity contribution in [3.8, 4) is 0 Å². The van der Waals surface area contributed by atoms with Crippen molar-refractivity contribution in [1.82, 2.24) is 5.32 Å². The zero-order valence-electron chi connectivity index (χ0n) is 14.5. The molecule has 1 aromatic carbocycles. The molecule has 27 heavy (non-hydrogen) atoms. The van der Waals surface area contributed by atoms with Gasteiger partial charge in [-0.3, -0.25) is 4.79 Å². The number of anilines is 1. The standard InChI is InChI=1S/C15H18N2O3S.C2H2O4/c1-11-8-12-4-2-3-5-14(12)17(11)15(18)9-16-13-6-7-21(19,20)10-13;3-1(4)2(5)6/h2-7,11,13,16H,8-10H2,1H3;(H,3,4)(H,5,6). The lowest BCUT2D eigenvalue weighted by Crippen LogP contribution is -2.44. The zero-order valence-corrected chi connectivity index (χ0v) is 15.3. The van der Waals surface area contributed by atoms with Gasteiger partial charge in [0.2, 0.25) is 5.91 Å². The molecule has 10 heteroatoms. The lowest BCUT2D eigenvalue weighted by Gasteiger charge is -2.23. The first kappa shape index (κ1) is 20.6. The predicted octanol–water partition coefficient (Wildman–Crippen LogP) is 0.0201. The van der Waals surface area contributed by atoms with E-state index in [0.29, 0.717) is 0 Å². The molecule has 0 spiro atoms. The van der Waals surface area contributed by atoms with Crippen LogP contribution in [0.15, 0.2) is 35.7 Å². The van der Waals surface area contributed by atoms with Crippen molar-refractivity contribution in [2.45, 2.75) is 25.4 Å². The van der Waals surface area contributed by atoms with Crippen LogP contribution < -0.4 is 10.2 Å². The molecule has 0 saturated heterocycles. The fourth-order valence-electron chi connectivity index (χ4n) is 2.95. The summed E-state index contributed by atoms with van der Waals surface area (Å²) in [6, 6.07) is 7.77. The van der Waals surface area contributed by atoms with Crippen LogP contribution in [0.1, 0.15) is 12.5 Å². The second-order valence-electron chi connectivity index (χ2n) is 6.20. The molecular formula is C17H20N2O7S. The number of carbonyl (C=O) groups is 3. The van der Waals surface area contributed by atoms with E-state index in [-0.39, 0.29) is 30.3 Å². The van der Waals surface area contributed by atoms with Crippen LogP contribution in [0.5, 0.6) is 0 Å². The van der Waals surface area contributed by atoms with Crippen LogP contribution in [-0.2, 0) is 30.6 Å². The molecule has 2 aliphatic heterocycles. The van der Waals surface area contributed by atoms with Crippen molar-refractivity contribution in [3.05, 3.63) is 41.3 Å². The molecule has 2 aliphatic rings. The summed E-state index contributed by atoms with van der Waals surface area (Å²) in [5, 5.41) is 19.0. The molecule has 0 radical (unpaired) electrons. The monoisotopic (exact) mass is 396 g/mol. The molecule has 0 aromatic heterocycles. The summed E-state index contributed by atoms with van der Waals surface area (Å²) in [5.41, 5.74) is 2.15. The van der Waals surface area contributed by atoms with E-state index >= 15 is 0 Å². The van der Waals surface area contributed by atoms with Crippen molar-refractivity contribution < 1.29 is 33.0 Å².